The molecule has 2 aromatic rings. The predicted octanol–water partition coefficient (Wildman–Crippen LogP) is 2.08. The zero-order chi connectivity index (χ0) is 14.7. The lowest BCUT2D eigenvalue weighted by atomic mass is 10.2. The summed E-state index contributed by atoms with van der Waals surface area (Å²) in [5.41, 5.74) is 1.04. The fourth-order valence-corrected chi connectivity index (χ4v) is 2.06. The molecule has 0 fully saturated rings. The van der Waals surface area contributed by atoms with Crippen LogP contribution in [0.3, 0.4) is 0 Å². The van der Waals surface area contributed by atoms with E-state index in [9.17, 15) is 4.79 Å². The molecule has 1 amide bonds. The predicted molar refractivity (Wildman–Crippen MR) is 78.9 cm³/mol. The SMILES string of the molecule is COc1ccc(Cn2nc(Br)nc2N(C)C(C)=O)cc1. The van der Waals surface area contributed by atoms with Crippen LogP contribution in [-0.2, 0) is 11.3 Å². The Morgan fingerprint density at radius 3 is 2.60 bits per heavy atom. The van der Waals surface area contributed by atoms with Crippen molar-refractivity contribution >= 4 is 27.8 Å². The second kappa shape index (κ2) is 6.04. The van der Waals surface area contributed by atoms with Crippen molar-refractivity contribution in [3.63, 3.8) is 0 Å². The molecule has 0 N–H and O–H groups in total. The summed E-state index contributed by atoms with van der Waals surface area (Å²) in [6.07, 6.45) is 0. The van der Waals surface area contributed by atoms with Crippen LogP contribution in [0.5, 0.6) is 5.75 Å². The van der Waals surface area contributed by atoms with Crippen LogP contribution in [0.15, 0.2) is 29.0 Å². The van der Waals surface area contributed by atoms with Gasteiger partial charge in [-0.3, -0.25) is 9.69 Å². The zero-order valence-electron chi connectivity index (χ0n) is 11.5. The third-order valence-electron chi connectivity index (χ3n) is 2.89. The molecular weight excluding hydrogens is 324 g/mol. The quantitative estimate of drug-likeness (QED) is 0.856. The van der Waals surface area contributed by atoms with Gasteiger partial charge in [0.05, 0.1) is 13.7 Å². The van der Waals surface area contributed by atoms with E-state index in [1.165, 1.54) is 11.8 Å². The number of rotatable bonds is 4. The van der Waals surface area contributed by atoms with Gasteiger partial charge in [0.1, 0.15) is 5.75 Å². The van der Waals surface area contributed by atoms with Crippen LogP contribution in [-0.4, -0.2) is 34.8 Å². The molecule has 6 nitrogen and oxygen atoms in total. The summed E-state index contributed by atoms with van der Waals surface area (Å²) in [5.74, 6) is 1.20. The van der Waals surface area contributed by atoms with Crippen molar-refractivity contribution in [1.82, 2.24) is 14.8 Å². The molecule has 0 bridgehead atoms. The Hall–Kier alpha value is -1.89. The highest BCUT2D eigenvalue weighted by Crippen LogP contribution is 2.17. The second-order valence-corrected chi connectivity index (χ2v) is 4.97. The first-order valence-corrected chi connectivity index (χ1v) is 6.78. The topological polar surface area (TPSA) is 60.2 Å². The highest BCUT2D eigenvalue weighted by Gasteiger charge is 2.15. The molecule has 1 aromatic heterocycles. The monoisotopic (exact) mass is 338 g/mol. The van der Waals surface area contributed by atoms with Gasteiger partial charge in [0.2, 0.25) is 16.6 Å². The minimum Gasteiger partial charge on any atom is -0.497 e. The smallest absolute Gasteiger partial charge is 0.231 e. The van der Waals surface area contributed by atoms with Crippen LogP contribution < -0.4 is 9.64 Å². The Labute approximate surface area is 125 Å². The Kier molecular flexibility index (Phi) is 4.39. The average Bonchev–Trinajstić information content (AvgIpc) is 2.79. The second-order valence-electron chi connectivity index (χ2n) is 4.26. The lowest BCUT2D eigenvalue weighted by molar-refractivity contribution is -0.116. The van der Waals surface area contributed by atoms with Crippen molar-refractivity contribution in [2.75, 3.05) is 19.1 Å². The molecule has 0 aliphatic rings. The molecule has 7 heteroatoms. The Balaban J connectivity index is 2.26. The van der Waals surface area contributed by atoms with Crippen molar-refractivity contribution in [3.8, 4) is 5.75 Å². The van der Waals surface area contributed by atoms with E-state index in [1.54, 1.807) is 18.8 Å². The van der Waals surface area contributed by atoms with Crippen LogP contribution >= 0.6 is 15.9 Å². The number of carbonyl (C=O) groups is 1. The molecule has 0 atom stereocenters. The van der Waals surface area contributed by atoms with E-state index >= 15 is 0 Å². The lowest BCUT2D eigenvalue weighted by Gasteiger charge is -2.14. The van der Waals surface area contributed by atoms with Gasteiger partial charge < -0.3 is 4.74 Å². The minimum absolute atomic E-state index is 0.0964. The third kappa shape index (κ3) is 3.16. The summed E-state index contributed by atoms with van der Waals surface area (Å²) in [4.78, 5) is 17.1. The number of anilines is 1. The number of carbonyl (C=O) groups excluding carboxylic acids is 1. The molecular formula is C13H15BrN4O2. The fourth-order valence-electron chi connectivity index (χ4n) is 1.71. The van der Waals surface area contributed by atoms with E-state index < -0.39 is 0 Å². The number of amides is 1. The fraction of sp³-hybridized carbons (Fsp3) is 0.308. The summed E-state index contributed by atoms with van der Waals surface area (Å²) in [7, 11) is 3.30. The number of nitrogens with zero attached hydrogens (tertiary/aromatic N) is 4. The molecule has 0 spiro atoms. The zero-order valence-corrected chi connectivity index (χ0v) is 13.1. The first kappa shape index (κ1) is 14.5. The Bertz CT molecular complexity index is 609. The Morgan fingerprint density at radius 1 is 1.40 bits per heavy atom. The van der Waals surface area contributed by atoms with Gasteiger partial charge in [-0.1, -0.05) is 12.1 Å². The molecule has 20 heavy (non-hydrogen) atoms. The number of methoxy groups -OCH3 is 1. The summed E-state index contributed by atoms with van der Waals surface area (Å²) in [6, 6.07) is 7.67. The number of aromatic nitrogens is 3. The van der Waals surface area contributed by atoms with E-state index in [2.05, 4.69) is 26.0 Å². The molecule has 106 valence electrons. The van der Waals surface area contributed by atoms with Crippen molar-refractivity contribution in [2.24, 2.45) is 0 Å². The minimum atomic E-state index is -0.0964. The van der Waals surface area contributed by atoms with Crippen LogP contribution in [0, 0.1) is 0 Å². The average molecular weight is 339 g/mol. The number of halogens is 1. The maximum Gasteiger partial charge on any atom is 0.231 e. The van der Waals surface area contributed by atoms with Gasteiger partial charge in [0, 0.05) is 14.0 Å². The van der Waals surface area contributed by atoms with Gasteiger partial charge in [-0.15, -0.1) is 5.10 Å². The van der Waals surface area contributed by atoms with Crippen molar-refractivity contribution in [3.05, 3.63) is 34.6 Å². The first-order chi connectivity index (χ1) is 9.51. The number of hydrogen-bond donors (Lipinski definition) is 0. The highest BCUT2D eigenvalue weighted by atomic mass is 79.9. The van der Waals surface area contributed by atoms with Crippen LogP contribution in [0.2, 0.25) is 0 Å². The lowest BCUT2D eigenvalue weighted by Crippen LogP contribution is -2.26. The largest absolute Gasteiger partial charge is 0.497 e. The standard InChI is InChI=1S/C13H15BrN4O2/c1-9(19)17(2)13-15-12(14)16-18(13)8-10-4-6-11(20-3)7-5-10/h4-7H,8H2,1-3H3. The molecule has 1 aromatic carbocycles. The maximum atomic E-state index is 11.5. The number of hydrogen-bond acceptors (Lipinski definition) is 4. The summed E-state index contributed by atoms with van der Waals surface area (Å²) >= 11 is 3.24. The number of benzene rings is 1. The molecule has 0 saturated heterocycles. The van der Waals surface area contributed by atoms with Crippen molar-refractivity contribution in [1.29, 1.82) is 0 Å². The third-order valence-corrected chi connectivity index (χ3v) is 3.23. The first-order valence-electron chi connectivity index (χ1n) is 5.99. The van der Waals surface area contributed by atoms with Gasteiger partial charge in [0.15, 0.2) is 0 Å². The van der Waals surface area contributed by atoms with Gasteiger partial charge >= 0.3 is 0 Å². The number of ether oxygens (including phenoxy) is 1. The molecule has 0 aliphatic carbocycles. The van der Waals surface area contributed by atoms with E-state index in [1.807, 2.05) is 24.3 Å². The van der Waals surface area contributed by atoms with Gasteiger partial charge in [-0.2, -0.15) is 4.98 Å². The molecule has 0 unspecified atom stereocenters. The van der Waals surface area contributed by atoms with Gasteiger partial charge in [-0.05, 0) is 33.6 Å². The van der Waals surface area contributed by atoms with Gasteiger partial charge in [0.25, 0.3) is 0 Å². The van der Waals surface area contributed by atoms with Crippen LogP contribution in [0.25, 0.3) is 0 Å². The Morgan fingerprint density at radius 2 is 2.05 bits per heavy atom. The normalized spacial score (nSPS) is 10.4. The highest BCUT2D eigenvalue weighted by molar-refractivity contribution is 9.10. The van der Waals surface area contributed by atoms with E-state index in [0.29, 0.717) is 17.2 Å². The molecule has 0 aliphatic heterocycles. The van der Waals surface area contributed by atoms with Gasteiger partial charge in [-0.25, -0.2) is 4.68 Å². The van der Waals surface area contributed by atoms with E-state index in [-0.39, 0.29) is 5.91 Å². The van der Waals surface area contributed by atoms with E-state index in [0.717, 1.165) is 11.3 Å². The molecule has 0 radical (unpaired) electrons. The van der Waals surface area contributed by atoms with E-state index in [4.69, 9.17) is 4.74 Å². The summed E-state index contributed by atoms with van der Waals surface area (Å²) in [5, 5.41) is 4.25. The van der Waals surface area contributed by atoms with Crippen LogP contribution in [0.4, 0.5) is 5.95 Å². The van der Waals surface area contributed by atoms with Crippen molar-refractivity contribution < 1.29 is 9.53 Å². The van der Waals surface area contributed by atoms with Crippen LogP contribution in [0.1, 0.15) is 12.5 Å². The summed E-state index contributed by atoms with van der Waals surface area (Å²) in [6.45, 7) is 2.01. The maximum absolute atomic E-state index is 11.5. The molecule has 2 rings (SSSR count). The molecule has 1 heterocycles. The molecule has 0 saturated carbocycles. The van der Waals surface area contributed by atoms with Crippen molar-refractivity contribution in [2.45, 2.75) is 13.5 Å². The summed E-state index contributed by atoms with van der Waals surface area (Å²) < 4.78 is 7.25.